The highest BCUT2D eigenvalue weighted by molar-refractivity contribution is 5.87. The lowest BCUT2D eigenvalue weighted by molar-refractivity contribution is 0.0695. The molecule has 0 unspecified atom stereocenters. The third-order valence-corrected chi connectivity index (χ3v) is 2.92. The predicted molar refractivity (Wildman–Crippen MR) is 63.1 cm³/mol. The van der Waals surface area contributed by atoms with Crippen molar-refractivity contribution in [3.05, 3.63) is 34.2 Å². The van der Waals surface area contributed by atoms with Crippen molar-refractivity contribution in [3.8, 4) is 0 Å². The van der Waals surface area contributed by atoms with Crippen molar-refractivity contribution in [1.29, 1.82) is 0 Å². The van der Waals surface area contributed by atoms with Gasteiger partial charge in [0.15, 0.2) is 0 Å². The van der Waals surface area contributed by atoms with Crippen molar-refractivity contribution >= 4 is 5.97 Å². The summed E-state index contributed by atoms with van der Waals surface area (Å²) in [6.07, 6.45) is 1.38. The molecular weight excluding hydrogens is 222 g/mol. The number of carboxylic acids is 1. The maximum Gasteiger partial charge on any atom is 0.337 e. The average Bonchev–Trinajstić information content (AvgIpc) is 2.31. The Morgan fingerprint density at radius 3 is 2.47 bits per heavy atom. The number of carboxylic acid groups (broad SMARTS) is 1. The molecule has 1 fully saturated rings. The van der Waals surface area contributed by atoms with Crippen molar-refractivity contribution in [2.45, 2.75) is 0 Å². The first kappa shape index (κ1) is 11.7. The number of aromatic carboxylic acids is 1. The number of rotatable bonds is 2. The molecule has 1 aromatic heterocycles. The summed E-state index contributed by atoms with van der Waals surface area (Å²) in [6, 6.07) is 2.62. The van der Waals surface area contributed by atoms with Gasteiger partial charge in [-0.3, -0.25) is 4.79 Å². The van der Waals surface area contributed by atoms with E-state index in [9.17, 15) is 9.59 Å². The number of hydrogen-bond acceptors (Lipinski definition) is 4. The van der Waals surface area contributed by atoms with Gasteiger partial charge in [0.1, 0.15) is 0 Å². The molecule has 0 atom stereocenters. The largest absolute Gasteiger partial charge is 0.478 e. The van der Waals surface area contributed by atoms with Crippen LogP contribution in [0.25, 0.3) is 0 Å². The van der Waals surface area contributed by atoms with Crippen molar-refractivity contribution in [2.75, 3.05) is 38.2 Å². The standard InChI is InChI=1S/C11H15N3O3/c1-12-4-6-13(7-5-12)14-8-9(11(16)17)2-3-10(14)15/h2-3,8H,4-7H2,1H3,(H,16,17). The molecule has 92 valence electrons. The normalized spacial score (nSPS) is 17.1. The molecule has 2 rings (SSSR count). The third kappa shape index (κ3) is 2.47. The van der Waals surface area contributed by atoms with Crippen LogP contribution in [0.2, 0.25) is 0 Å². The minimum Gasteiger partial charge on any atom is -0.478 e. The Balaban J connectivity index is 2.28. The maximum atomic E-state index is 11.7. The Bertz CT molecular complexity index is 475. The fourth-order valence-corrected chi connectivity index (χ4v) is 1.83. The summed E-state index contributed by atoms with van der Waals surface area (Å²) in [6.45, 7) is 3.17. The summed E-state index contributed by atoms with van der Waals surface area (Å²) in [5.41, 5.74) is -0.0666. The van der Waals surface area contributed by atoms with Crippen LogP contribution in [-0.4, -0.2) is 53.9 Å². The van der Waals surface area contributed by atoms with Crippen LogP contribution in [0.3, 0.4) is 0 Å². The van der Waals surface area contributed by atoms with E-state index in [4.69, 9.17) is 5.11 Å². The van der Waals surface area contributed by atoms with Crippen molar-refractivity contribution in [3.63, 3.8) is 0 Å². The van der Waals surface area contributed by atoms with E-state index in [2.05, 4.69) is 4.90 Å². The van der Waals surface area contributed by atoms with E-state index in [1.807, 2.05) is 12.1 Å². The summed E-state index contributed by atoms with van der Waals surface area (Å²) < 4.78 is 1.40. The van der Waals surface area contributed by atoms with Gasteiger partial charge in [0.25, 0.3) is 5.56 Å². The summed E-state index contributed by atoms with van der Waals surface area (Å²) in [5.74, 6) is -1.02. The van der Waals surface area contributed by atoms with E-state index >= 15 is 0 Å². The Kier molecular flexibility index (Phi) is 3.14. The molecule has 1 aliphatic heterocycles. The van der Waals surface area contributed by atoms with E-state index in [0.29, 0.717) is 0 Å². The highest BCUT2D eigenvalue weighted by atomic mass is 16.4. The smallest absolute Gasteiger partial charge is 0.337 e. The number of piperazine rings is 1. The summed E-state index contributed by atoms with van der Waals surface area (Å²) in [5, 5.41) is 10.8. The van der Waals surface area contributed by atoms with Gasteiger partial charge in [0.2, 0.25) is 0 Å². The highest BCUT2D eigenvalue weighted by Crippen LogP contribution is 2.00. The minimum atomic E-state index is -1.02. The molecule has 0 aromatic carbocycles. The molecule has 2 heterocycles. The Hall–Kier alpha value is -1.82. The molecular formula is C11H15N3O3. The molecule has 1 N–H and O–H groups in total. The van der Waals surface area contributed by atoms with Gasteiger partial charge in [0.05, 0.1) is 5.56 Å². The molecule has 0 bridgehead atoms. The second kappa shape index (κ2) is 4.58. The van der Waals surface area contributed by atoms with Crippen molar-refractivity contribution in [2.24, 2.45) is 0 Å². The molecule has 1 aromatic rings. The highest BCUT2D eigenvalue weighted by Gasteiger charge is 2.16. The molecule has 0 saturated carbocycles. The molecule has 0 spiro atoms. The van der Waals surface area contributed by atoms with Gasteiger partial charge in [-0.1, -0.05) is 0 Å². The fourth-order valence-electron chi connectivity index (χ4n) is 1.83. The first-order valence-corrected chi connectivity index (χ1v) is 5.48. The van der Waals surface area contributed by atoms with Crippen LogP contribution in [0.4, 0.5) is 0 Å². The lowest BCUT2D eigenvalue weighted by Crippen LogP contribution is -2.52. The van der Waals surface area contributed by atoms with Gasteiger partial charge in [0, 0.05) is 38.4 Å². The van der Waals surface area contributed by atoms with E-state index in [0.717, 1.165) is 26.2 Å². The zero-order valence-electron chi connectivity index (χ0n) is 9.67. The first-order valence-electron chi connectivity index (χ1n) is 5.48. The Morgan fingerprint density at radius 2 is 1.88 bits per heavy atom. The maximum absolute atomic E-state index is 11.7. The van der Waals surface area contributed by atoms with Gasteiger partial charge in [-0.15, -0.1) is 0 Å². The molecule has 6 heteroatoms. The van der Waals surface area contributed by atoms with Gasteiger partial charge in [-0.05, 0) is 13.1 Å². The third-order valence-electron chi connectivity index (χ3n) is 2.92. The second-order valence-electron chi connectivity index (χ2n) is 4.16. The molecule has 0 radical (unpaired) electrons. The van der Waals surface area contributed by atoms with Crippen LogP contribution in [0.1, 0.15) is 10.4 Å². The van der Waals surface area contributed by atoms with E-state index in [1.165, 1.54) is 23.0 Å². The second-order valence-corrected chi connectivity index (χ2v) is 4.16. The Labute approximate surface area is 98.7 Å². The molecule has 17 heavy (non-hydrogen) atoms. The van der Waals surface area contributed by atoms with Gasteiger partial charge in [-0.2, -0.15) is 0 Å². The number of likely N-dealkylation sites (N-methyl/N-ethyl adjacent to an activating group) is 1. The van der Waals surface area contributed by atoms with Crippen LogP contribution in [0, 0.1) is 0 Å². The molecule has 0 amide bonds. The summed E-state index contributed by atoms with van der Waals surface area (Å²) in [7, 11) is 2.02. The molecule has 1 saturated heterocycles. The lowest BCUT2D eigenvalue weighted by atomic mass is 10.3. The van der Waals surface area contributed by atoms with E-state index in [-0.39, 0.29) is 11.1 Å². The van der Waals surface area contributed by atoms with Crippen LogP contribution in [0.15, 0.2) is 23.1 Å². The van der Waals surface area contributed by atoms with Crippen LogP contribution in [0.5, 0.6) is 0 Å². The van der Waals surface area contributed by atoms with E-state index < -0.39 is 5.97 Å². The Morgan fingerprint density at radius 1 is 1.24 bits per heavy atom. The average molecular weight is 237 g/mol. The van der Waals surface area contributed by atoms with E-state index in [1.54, 1.807) is 0 Å². The summed E-state index contributed by atoms with van der Waals surface area (Å²) >= 11 is 0. The lowest BCUT2D eigenvalue weighted by Gasteiger charge is -2.34. The molecule has 6 nitrogen and oxygen atoms in total. The van der Waals surface area contributed by atoms with Crippen LogP contribution < -0.4 is 10.6 Å². The zero-order chi connectivity index (χ0) is 12.4. The quantitative estimate of drug-likeness (QED) is 0.746. The van der Waals surface area contributed by atoms with Crippen LogP contribution >= 0.6 is 0 Å². The molecule has 1 aliphatic rings. The minimum absolute atomic E-state index is 0.128. The number of carbonyl (C=O) groups is 1. The van der Waals surface area contributed by atoms with Crippen molar-refractivity contribution < 1.29 is 9.90 Å². The monoisotopic (exact) mass is 237 g/mol. The number of hydrogen-bond donors (Lipinski definition) is 1. The SMILES string of the molecule is CN1CCN(n2cc(C(=O)O)ccc2=O)CC1. The number of aromatic nitrogens is 1. The first-order chi connectivity index (χ1) is 8.08. The van der Waals surface area contributed by atoms with Gasteiger partial charge >= 0.3 is 5.97 Å². The number of nitrogens with zero attached hydrogens (tertiary/aromatic N) is 3. The van der Waals surface area contributed by atoms with Crippen molar-refractivity contribution in [1.82, 2.24) is 9.58 Å². The predicted octanol–water partition coefficient (Wildman–Crippen LogP) is -0.570. The van der Waals surface area contributed by atoms with Gasteiger partial charge < -0.3 is 15.0 Å². The summed E-state index contributed by atoms with van der Waals surface area (Å²) in [4.78, 5) is 24.7. The number of pyridine rings is 1. The topological polar surface area (TPSA) is 65.8 Å². The molecule has 0 aliphatic carbocycles. The van der Waals surface area contributed by atoms with Crippen LogP contribution in [-0.2, 0) is 0 Å². The fraction of sp³-hybridized carbons (Fsp3) is 0.455. The zero-order valence-corrected chi connectivity index (χ0v) is 9.67. The van der Waals surface area contributed by atoms with Gasteiger partial charge in [-0.25, -0.2) is 9.47 Å².